The predicted octanol–water partition coefficient (Wildman–Crippen LogP) is 11.0. The summed E-state index contributed by atoms with van der Waals surface area (Å²) in [5.41, 5.74) is 0. The lowest BCUT2D eigenvalue weighted by Gasteiger charge is -2.10. The van der Waals surface area contributed by atoms with Gasteiger partial charge < -0.3 is 29.9 Å². The van der Waals surface area contributed by atoms with Crippen LogP contribution in [-0.2, 0) is 38.2 Å². The van der Waals surface area contributed by atoms with E-state index < -0.39 is 47.7 Å². The summed E-state index contributed by atoms with van der Waals surface area (Å²) in [5.74, 6) is -6.63. The average Bonchev–Trinajstić information content (AvgIpc) is 2.76. The van der Waals surface area contributed by atoms with Gasteiger partial charge in [-0.3, -0.25) is 19.2 Å². The smallest absolute Gasteiger partial charge is 0.330 e. The third-order valence-corrected chi connectivity index (χ3v) is 4.33. The molecule has 48 heavy (non-hydrogen) atoms. The Labute approximate surface area is 300 Å². The molecule has 0 aliphatic rings. The predicted molar refractivity (Wildman–Crippen MR) is 211 cm³/mol. The number of ether oxygens (including phenoxy) is 2. The number of carboxylic acid groups (broad SMARTS) is 4. The van der Waals surface area contributed by atoms with E-state index >= 15 is 0 Å². The molecule has 12 nitrogen and oxygen atoms in total. The number of carbonyl (C=O) groups is 6. The van der Waals surface area contributed by atoms with Gasteiger partial charge in [-0.05, 0) is 38.5 Å². The van der Waals surface area contributed by atoms with Gasteiger partial charge in [-0.15, -0.1) is 0 Å². The lowest BCUT2D eigenvalue weighted by Crippen LogP contribution is -2.16. The molecule has 0 heterocycles. The van der Waals surface area contributed by atoms with Crippen LogP contribution < -0.4 is 0 Å². The van der Waals surface area contributed by atoms with E-state index in [0.717, 1.165) is 12.2 Å². The molecule has 0 aromatic carbocycles. The van der Waals surface area contributed by atoms with Crippen LogP contribution in [0.4, 0.5) is 0 Å². The van der Waals surface area contributed by atoms with Gasteiger partial charge in [0.1, 0.15) is 0 Å². The fourth-order valence-corrected chi connectivity index (χ4v) is 2.50. The lowest BCUT2D eigenvalue weighted by atomic mass is 9.98. The molecule has 0 rings (SSSR count). The minimum absolute atomic E-state index is 0. The highest BCUT2D eigenvalue weighted by Gasteiger charge is 2.19. The Hall–Kier alpha value is -3.70. The summed E-state index contributed by atoms with van der Waals surface area (Å²) in [4.78, 5) is 63.5. The van der Waals surface area contributed by atoms with Gasteiger partial charge in [0.05, 0.1) is 25.0 Å². The highest BCUT2D eigenvalue weighted by Crippen LogP contribution is 2.15. The minimum atomic E-state index is -1.03. The van der Waals surface area contributed by atoms with E-state index in [1.165, 1.54) is 0 Å². The molecule has 2 unspecified atom stereocenters. The maximum Gasteiger partial charge on any atom is 0.330 e. The van der Waals surface area contributed by atoms with Crippen LogP contribution in [0.2, 0.25) is 0 Å². The zero-order valence-electron chi connectivity index (χ0n) is 18.8. The first kappa shape index (κ1) is 104. The standard InChI is InChI=1S/2C11H16O6.14CH4/c2*1-2-10(14)17-7-3-4-8(11(15)16)5-6-9(12)13;;;;;;;;;;;;;;/h2*2,8H,1,3-7H2,(H,12,13)(H,15,16);14*1H4. The van der Waals surface area contributed by atoms with Crippen molar-refractivity contribution in [1.82, 2.24) is 0 Å². The van der Waals surface area contributed by atoms with Gasteiger partial charge in [0, 0.05) is 25.0 Å². The zero-order valence-corrected chi connectivity index (χ0v) is 18.8. The fourth-order valence-electron chi connectivity index (χ4n) is 2.50. The van der Waals surface area contributed by atoms with E-state index in [1.807, 2.05) is 0 Å². The van der Waals surface area contributed by atoms with Crippen molar-refractivity contribution in [3.8, 4) is 0 Å². The van der Waals surface area contributed by atoms with Gasteiger partial charge >= 0.3 is 35.8 Å². The van der Waals surface area contributed by atoms with Crippen LogP contribution in [0, 0.1) is 11.8 Å². The summed E-state index contributed by atoms with van der Waals surface area (Å²) in [5, 5.41) is 34.5. The Morgan fingerprint density at radius 1 is 0.458 bits per heavy atom. The first-order valence-corrected chi connectivity index (χ1v) is 10.4. The third-order valence-electron chi connectivity index (χ3n) is 4.33. The highest BCUT2D eigenvalue weighted by molar-refractivity contribution is 5.81. The van der Waals surface area contributed by atoms with Crippen LogP contribution in [0.25, 0.3) is 0 Å². The largest absolute Gasteiger partial charge is 0.481 e. The number of rotatable bonds is 18. The van der Waals surface area contributed by atoms with Crippen molar-refractivity contribution in [2.75, 3.05) is 13.2 Å². The molecule has 304 valence electrons. The molecule has 0 saturated carbocycles. The number of hydrogen-bond donors (Lipinski definition) is 4. The van der Waals surface area contributed by atoms with Crippen LogP contribution in [-0.4, -0.2) is 69.5 Å². The third kappa shape index (κ3) is 69.2. The molecule has 0 aliphatic carbocycles. The summed E-state index contributed by atoms with van der Waals surface area (Å²) in [7, 11) is 0. The molecular weight excluding hydrogens is 624 g/mol. The first-order valence-electron chi connectivity index (χ1n) is 10.4. The van der Waals surface area contributed by atoms with Gasteiger partial charge in [-0.25, -0.2) is 9.59 Å². The Balaban J connectivity index is -0.0000000236. The normalized spacial score (nSPS) is 8.17. The van der Waals surface area contributed by atoms with Crippen LogP contribution in [0.3, 0.4) is 0 Å². The molecule has 0 amide bonds. The van der Waals surface area contributed by atoms with E-state index in [0.29, 0.717) is 12.8 Å². The number of carboxylic acids is 4. The molecule has 0 aromatic heterocycles. The number of carbonyl (C=O) groups excluding carboxylic acids is 2. The molecule has 2 atom stereocenters. The van der Waals surface area contributed by atoms with Gasteiger partial charge in [0.25, 0.3) is 0 Å². The molecule has 0 aromatic rings. The second-order valence-corrected chi connectivity index (χ2v) is 6.96. The number of aliphatic carboxylic acids is 4. The number of esters is 2. The molecule has 0 aliphatic heterocycles. The maximum absolute atomic E-state index is 10.8. The fraction of sp³-hybridized carbons (Fsp3) is 0.722. The Morgan fingerprint density at radius 3 is 0.854 bits per heavy atom. The molecule has 4 N–H and O–H groups in total. The quantitative estimate of drug-likeness (QED) is 0.0595. The lowest BCUT2D eigenvalue weighted by molar-refractivity contribution is -0.145. The van der Waals surface area contributed by atoms with Crippen molar-refractivity contribution in [2.24, 2.45) is 11.8 Å². The van der Waals surface area contributed by atoms with E-state index in [2.05, 4.69) is 22.6 Å². The van der Waals surface area contributed by atoms with E-state index in [9.17, 15) is 28.8 Å². The van der Waals surface area contributed by atoms with Crippen LogP contribution in [0.15, 0.2) is 25.3 Å². The first-order chi connectivity index (χ1) is 15.9. The SMILES string of the molecule is C.C.C.C.C.C.C.C.C.C.C.C.C.C.C=CC(=O)OCCCC(CCC(=O)O)C(=O)O.C=CC(=O)OCCCC(CCC(=O)O)C(=O)O. The number of hydrogen-bond acceptors (Lipinski definition) is 8. The molecule has 0 bridgehead atoms. The van der Waals surface area contributed by atoms with Gasteiger partial charge in [0.2, 0.25) is 0 Å². The zero-order chi connectivity index (χ0) is 26.5. The van der Waals surface area contributed by atoms with Crippen LogP contribution in [0.1, 0.15) is 155 Å². The van der Waals surface area contributed by atoms with Crippen LogP contribution in [0.5, 0.6) is 0 Å². The van der Waals surface area contributed by atoms with Crippen LogP contribution >= 0.6 is 0 Å². The Bertz CT molecular complexity index is 660. The molecule has 0 radical (unpaired) electrons. The second-order valence-electron chi connectivity index (χ2n) is 6.96. The Kier molecular flexibility index (Phi) is 142. The highest BCUT2D eigenvalue weighted by atomic mass is 16.5. The Morgan fingerprint density at radius 2 is 0.688 bits per heavy atom. The van der Waals surface area contributed by atoms with Crippen molar-refractivity contribution in [3.63, 3.8) is 0 Å². The molecule has 0 spiro atoms. The summed E-state index contributed by atoms with van der Waals surface area (Å²) < 4.78 is 9.36. The monoisotopic (exact) mass is 713 g/mol. The van der Waals surface area contributed by atoms with Crippen molar-refractivity contribution >= 4 is 35.8 Å². The average molecular weight is 713 g/mol. The van der Waals surface area contributed by atoms with Crippen molar-refractivity contribution in [1.29, 1.82) is 0 Å². The van der Waals surface area contributed by atoms with Gasteiger partial charge in [-0.1, -0.05) is 117 Å². The molecule has 0 fully saturated rings. The van der Waals surface area contributed by atoms with E-state index in [1.54, 1.807) is 0 Å². The summed E-state index contributed by atoms with van der Waals surface area (Å²) in [6.45, 7) is 6.66. The topological polar surface area (TPSA) is 202 Å². The maximum atomic E-state index is 10.8. The van der Waals surface area contributed by atoms with Gasteiger partial charge in [0.15, 0.2) is 0 Å². The van der Waals surface area contributed by atoms with E-state index in [4.69, 9.17) is 20.4 Å². The molecule has 12 heteroatoms. The van der Waals surface area contributed by atoms with Crippen molar-refractivity contribution in [2.45, 2.75) is 155 Å². The minimum Gasteiger partial charge on any atom is -0.481 e. The van der Waals surface area contributed by atoms with E-state index in [-0.39, 0.29) is 156 Å². The summed E-state index contributed by atoms with van der Waals surface area (Å²) >= 11 is 0. The molecule has 0 saturated heterocycles. The molecular formula is C36H88O12. The summed E-state index contributed by atoms with van der Waals surface area (Å²) in [6, 6.07) is 0. The van der Waals surface area contributed by atoms with Crippen molar-refractivity contribution < 1.29 is 58.7 Å². The van der Waals surface area contributed by atoms with Crippen molar-refractivity contribution in [3.05, 3.63) is 25.3 Å². The second kappa shape index (κ2) is 65.9. The summed E-state index contributed by atoms with van der Waals surface area (Å²) in [6.07, 6.45) is 3.21. The van der Waals surface area contributed by atoms with Gasteiger partial charge in [-0.2, -0.15) is 0 Å².